The van der Waals surface area contributed by atoms with E-state index in [1.165, 1.54) is 25.1 Å². The largest absolute Gasteiger partial charge is 0.494 e. The smallest absolute Gasteiger partial charge is 0.423 e. The monoisotopic (exact) mass is 425 g/mol. The summed E-state index contributed by atoms with van der Waals surface area (Å²) in [7, 11) is -2.87. The van der Waals surface area contributed by atoms with Crippen molar-refractivity contribution >= 4 is 25.2 Å². The third kappa shape index (κ3) is 4.39. The molecular weight excluding hydrogens is 404 g/mol. The van der Waals surface area contributed by atoms with Crippen molar-refractivity contribution in [2.45, 2.75) is 51.5 Å². The quantitative estimate of drug-likeness (QED) is 0.578. The Balaban J connectivity index is 1.94. The lowest BCUT2D eigenvalue weighted by Crippen LogP contribution is -2.47. The molecule has 1 saturated heterocycles. The minimum atomic E-state index is -4.62. The van der Waals surface area contributed by atoms with Crippen LogP contribution in [0.5, 0.6) is 0 Å². The Bertz CT molecular complexity index is 955. The van der Waals surface area contributed by atoms with Crippen molar-refractivity contribution < 1.29 is 36.9 Å². The molecule has 1 fully saturated rings. The third-order valence-corrected chi connectivity index (χ3v) is 5.48. The fraction of sp³-hybridized carbons (Fsp3) is 0.421. The van der Waals surface area contributed by atoms with E-state index in [1.807, 2.05) is 0 Å². The SMILES string of the molecule is Cc1cc(B2OC(C)(C)C(C)(Cc3cc(B(O)O)ccc3F)O2)cc(C(F)(F)F)n1. The van der Waals surface area contributed by atoms with Gasteiger partial charge in [-0.1, -0.05) is 12.1 Å². The van der Waals surface area contributed by atoms with Gasteiger partial charge >= 0.3 is 20.4 Å². The second-order valence-electron chi connectivity index (χ2n) is 8.13. The molecule has 1 atom stereocenters. The number of halogens is 4. The number of nitrogens with zero attached hydrogens (tertiary/aromatic N) is 1. The lowest BCUT2D eigenvalue weighted by atomic mass is 9.77. The van der Waals surface area contributed by atoms with E-state index in [9.17, 15) is 27.6 Å². The average molecular weight is 425 g/mol. The number of benzene rings is 1. The zero-order valence-electron chi connectivity index (χ0n) is 16.9. The Morgan fingerprint density at radius 2 is 1.77 bits per heavy atom. The summed E-state index contributed by atoms with van der Waals surface area (Å²) in [5.74, 6) is -0.567. The number of alkyl halides is 3. The molecule has 2 aromatic rings. The van der Waals surface area contributed by atoms with Gasteiger partial charge in [-0.3, -0.25) is 0 Å². The maximum absolute atomic E-state index is 14.4. The van der Waals surface area contributed by atoms with E-state index in [4.69, 9.17) is 9.31 Å². The average Bonchev–Trinajstić information content (AvgIpc) is 2.85. The highest BCUT2D eigenvalue weighted by atomic mass is 19.4. The lowest BCUT2D eigenvalue weighted by molar-refractivity contribution is -0.141. The van der Waals surface area contributed by atoms with Gasteiger partial charge in [0.1, 0.15) is 11.5 Å². The predicted molar refractivity (Wildman–Crippen MR) is 104 cm³/mol. The van der Waals surface area contributed by atoms with Gasteiger partial charge in [-0.2, -0.15) is 13.2 Å². The standard InChI is InChI=1S/C19H21B2F4NO4/c1-11-7-14(9-16(26-11)19(23,24)25)21-29-17(2,3)18(4,30-21)10-12-8-13(20(27)28)5-6-15(12)22/h5-9,27-28H,10H2,1-4H3. The first-order chi connectivity index (χ1) is 13.7. The molecule has 0 amide bonds. The number of aryl methyl sites for hydroxylation is 1. The Kier molecular flexibility index (Phi) is 5.79. The summed E-state index contributed by atoms with van der Waals surface area (Å²) in [6.45, 7) is 6.52. The molecule has 0 spiro atoms. The number of pyridine rings is 1. The molecule has 0 radical (unpaired) electrons. The molecule has 3 rings (SSSR count). The Morgan fingerprint density at radius 3 is 2.37 bits per heavy atom. The summed E-state index contributed by atoms with van der Waals surface area (Å²) >= 11 is 0. The zero-order chi connectivity index (χ0) is 22.5. The van der Waals surface area contributed by atoms with E-state index < -0.39 is 43.1 Å². The van der Waals surface area contributed by atoms with Crippen molar-refractivity contribution in [2.24, 2.45) is 0 Å². The first kappa shape index (κ1) is 22.7. The Labute approximate surface area is 172 Å². The second kappa shape index (κ2) is 7.64. The van der Waals surface area contributed by atoms with Gasteiger partial charge in [0.05, 0.1) is 11.2 Å². The van der Waals surface area contributed by atoms with Crippen LogP contribution in [0, 0.1) is 12.7 Å². The van der Waals surface area contributed by atoms with Crippen LogP contribution >= 0.6 is 0 Å². The molecule has 0 aliphatic carbocycles. The van der Waals surface area contributed by atoms with Crippen LogP contribution in [0.4, 0.5) is 17.6 Å². The molecule has 0 saturated carbocycles. The zero-order valence-corrected chi connectivity index (χ0v) is 16.9. The highest BCUT2D eigenvalue weighted by molar-refractivity contribution is 6.62. The summed E-state index contributed by atoms with van der Waals surface area (Å²) < 4.78 is 65.8. The van der Waals surface area contributed by atoms with Crippen molar-refractivity contribution in [1.29, 1.82) is 0 Å². The number of rotatable bonds is 4. The van der Waals surface area contributed by atoms with Gasteiger partial charge in [0.25, 0.3) is 0 Å². The second-order valence-corrected chi connectivity index (χ2v) is 8.13. The highest BCUT2D eigenvalue weighted by Gasteiger charge is 2.55. The maximum atomic E-state index is 14.4. The molecule has 1 aromatic carbocycles. The van der Waals surface area contributed by atoms with Crippen LogP contribution in [0.1, 0.15) is 37.7 Å². The maximum Gasteiger partial charge on any atom is 0.494 e. The molecule has 160 valence electrons. The molecule has 1 aliphatic rings. The summed E-state index contributed by atoms with van der Waals surface area (Å²) in [5, 5.41) is 18.7. The first-order valence-electron chi connectivity index (χ1n) is 9.28. The van der Waals surface area contributed by atoms with Crippen LogP contribution in [0.15, 0.2) is 30.3 Å². The van der Waals surface area contributed by atoms with Crippen LogP contribution in [0.25, 0.3) is 0 Å². The summed E-state index contributed by atoms with van der Waals surface area (Å²) in [6, 6.07) is 6.02. The van der Waals surface area contributed by atoms with Crippen molar-refractivity contribution in [1.82, 2.24) is 4.98 Å². The fourth-order valence-electron chi connectivity index (χ4n) is 3.42. The van der Waals surface area contributed by atoms with E-state index >= 15 is 0 Å². The number of aromatic nitrogens is 1. The van der Waals surface area contributed by atoms with Crippen LogP contribution in [-0.4, -0.2) is 40.5 Å². The molecule has 2 N–H and O–H groups in total. The van der Waals surface area contributed by atoms with Crippen molar-refractivity contribution in [2.75, 3.05) is 0 Å². The van der Waals surface area contributed by atoms with Gasteiger partial charge in [-0.25, -0.2) is 9.37 Å². The molecule has 5 nitrogen and oxygen atoms in total. The third-order valence-electron chi connectivity index (χ3n) is 5.48. The number of hydrogen-bond donors (Lipinski definition) is 2. The molecule has 1 unspecified atom stereocenters. The number of hydrogen-bond acceptors (Lipinski definition) is 5. The molecule has 30 heavy (non-hydrogen) atoms. The molecule has 11 heteroatoms. The summed E-state index contributed by atoms with van der Waals surface area (Å²) in [4.78, 5) is 3.52. The van der Waals surface area contributed by atoms with E-state index in [2.05, 4.69) is 4.98 Å². The van der Waals surface area contributed by atoms with E-state index in [0.29, 0.717) is 0 Å². The molecule has 2 heterocycles. The van der Waals surface area contributed by atoms with Crippen molar-refractivity contribution in [3.8, 4) is 0 Å². The molecular formula is C19H21B2F4NO4. The minimum absolute atomic E-state index is 0.000906. The Hall–Kier alpha value is -1.94. The van der Waals surface area contributed by atoms with Gasteiger partial charge in [0.15, 0.2) is 0 Å². The lowest BCUT2D eigenvalue weighted by Gasteiger charge is -2.36. The summed E-state index contributed by atoms with van der Waals surface area (Å²) in [6.07, 6.45) is -4.62. The van der Waals surface area contributed by atoms with E-state index in [0.717, 1.165) is 12.1 Å². The predicted octanol–water partition coefficient (Wildman–Crippen LogP) is 1.75. The van der Waals surface area contributed by atoms with E-state index in [1.54, 1.807) is 20.8 Å². The normalized spacial score (nSPS) is 21.2. The van der Waals surface area contributed by atoms with Crippen LogP contribution < -0.4 is 10.9 Å². The van der Waals surface area contributed by atoms with Gasteiger partial charge in [-0.15, -0.1) is 0 Å². The molecule has 1 aliphatic heterocycles. The van der Waals surface area contributed by atoms with Gasteiger partial charge in [0.2, 0.25) is 0 Å². The van der Waals surface area contributed by atoms with Crippen LogP contribution in [0.2, 0.25) is 0 Å². The van der Waals surface area contributed by atoms with Crippen LogP contribution in [0.3, 0.4) is 0 Å². The minimum Gasteiger partial charge on any atom is -0.423 e. The first-order valence-corrected chi connectivity index (χ1v) is 9.28. The molecule has 1 aromatic heterocycles. The van der Waals surface area contributed by atoms with Gasteiger partial charge in [-0.05, 0) is 62.4 Å². The van der Waals surface area contributed by atoms with Gasteiger partial charge < -0.3 is 19.4 Å². The topological polar surface area (TPSA) is 71.8 Å². The van der Waals surface area contributed by atoms with Crippen LogP contribution in [-0.2, 0) is 21.9 Å². The summed E-state index contributed by atoms with van der Waals surface area (Å²) in [5.41, 5.74) is -2.56. The molecule has 0 bridgehead atoms. The van der Waals surface area contributed by atoms with Crippen molar-refractivity contribution in [3.05, 3.63) is 53.1 Å². The van der Waals surface area contributed by atoms with Gasteiger partial charge in [0, 0.05) is 12.1 Å². The van der Waals surface area contributed by atoms with E-state index in [-0.39, 0.29) is 28.6 Å². The van der Waals surface area contributed by atoms with Crippen molar-refractivity contribution in [3.63, 3.8) is 0 Å². The fourth-order valence-corrected chi connectivity index (χ4v) is 3.42. The Morgan fingerprint density at radius 1 is 1.10 bits per heavy atom. The highest BCUT2D eigenvalue weighted by Crippen LogP contribution is 2.40.